The van der Waals surface area contributed by atoms with Crippen LogP contribution in [0.3, 0.4) is 0 Å². The summed E-state index contributed by atoms with van der Waals surface area (Å²) in [7, 11) is 0. The third-order valence-corrected chi connectivity index (χ3v) is 4.17. The average Bonchev–Trinajstić information content (AvgIpc) is 2.84. The molecule has 0 aliphatic heterocycles. The summed E-state index contributed by atoms with van der Waals surface area (Å²) < 4.78 is 2.64. The first-order valence-electron chi connectivity index (χ1n) is 5.13. The molecule has 2 rings (SSSR count). The van der Waals surface area contributed by atoms with Crippen molar-refractivity contribution in [2.45, 2.75) is 0 Å². The maximum absolute atomic E-state index is 10.2. The first-order valence-corrected chi connectivity index (χ1v) is 7.47. The minimum Gasteiger partial charge on any atom is -0.233 e. The van der Waals surface area contributed by atoms with Gasteiger partial charge in [0.2, 0.25) is 0 Å². The normalized spacial score (nSPS) is 12.0. The van der Waals surface area contributed by atoms with E-state index in [2.05, 4.69) is 46.8 Å². The molecule has 0 saturated carbocycles. The molecule has 0 radical (unpaired) electrons. The molecule has 7 nitrogen and oxygen atoms in total. The molecule has 1 aromatic carbocycles. The van der Waals surface area contributed by atoms with Crippen molar-refractivity contribution in [3.63, 3.8) is 0 Å². The van der Waals surface area contributed by atoms with Crippen LogP contribution in [-0.2, 0) is 0 Å². The highest BCUT2D eigenvalue weighted by molar-refractivity contribution is 9.11. The van der Waals surface area contributed by atoms with E-state index in [1.54, 1.807) is 18.2 Å². The topological polar surface area (TPSA) is 83.1 Å². The lowest BCUT2D eigenvalue weighted by Crippen LogP contribution is -2.05. The van der Waals surface area contributed by atoms with Gasteiger partial charge in [-0.05, 0) is 12.1 Å². The highest BCUT2D eigenvalue weighted by atomic mass is 79.9. The number of aromatic nitrogens is 3. The predicted molar refractivity (Wildman–Crippen MR) is 84.3 cm³/mol. The molecular weight excluding hydrogens is 455 g/mol. The minimum atomic E-state index is -1.02. The molecule has 0 spiro atoms. The van der Waals surface area contributed by atoms with Crippen LogP contribution in [0.1, 0.15) is 5.56 Å². The van der Waals surface area contributed by atoms with Crippen LogP contribution in [0, 0.1) is 10.1 Å². The summed E-state index contributed by atoms with van der Waals surface area (Å²) >= 11 is 19.0. The maximum atomic E-state index is 10.2. The largest absolute Gasteiger partial charge is 0.327 e. The molecule has 0 aliphatic carbocycles. The Labute approximate surface area is 144 Å². The van der Waals surface area contributed by atoms with Gasteiger partial charge in [-0.25, -0.2) is 9.52 Å². The van der Waals surface area contributed by atoms with Crippen molar-refractivity contribution in [1.29, 1.82) is 0 Å². The number of hydrogen-bond donors (Lipinski definition) is 0. The zero-order valence-corrected chi connectivity index (χ0v) is 14.5. The lowest BCUT2D eigenvalue weighted by atomic mass is 10.2. The van der Waals surface area contributed by atoms with E-state index < -0.39 is 11.1 Å². The molecule has 0 saturated heterocycles. The van der Waals surface area contributed by atoms with E-state index in [-0.39, 0.29) is 10.2 Å². The Morgan fingerprint density at radius 1 is 1.38 bits per heavy atom. The van der Waals surface area contributed by atoms with Crippen LogP contribution in [-0.4, -0.2) is 19.9 Å². The van der Waals surface area contributed by atoms with Gasteiger partial charge in [0, 0.05) is 14.5 Å². The van der Waals surface area contributed by atoms with E-state index in [9.17, 15) is 10.1 Å². The summed E-state index contributed by atoms with van der Waals surface area (Å²) in [6.45, 7) is 0. The molecule has 1 aromatic heterocycles. The number of hydrogen-bond acceptors (Lipinski definition) is 5. The van der Waals surface area contributed by atoms with E-state index in [4.69, 9.17) is 23.2 Å². The summed E-state index contributed by atoms with van der Waals surface area (Å²) in [5, 5.41) is 13.1. The van der Waals surface area contributed by atoms with Gasteiger partial charge in [-0.15, -0.1) is 15.2 Å². The molecule has 2 aromatic rings. The highest BCUT2D eigenvalue weighted by Crippen LogP contribution is 2.34. The van der Waals surface area contributed by atoms with Gasteiger partial charge in [0.25, 0.3) is 0 Å². The third-order valence-electron chi connectivity index (χ3n) is 2.18. The van der Waals surface area contributed by atoms with E-state index in [0.717, 1.165) is 15.5 Å². The molecule has 0 atom stereocenters. The van der Waals surface area contributed by atoms with Crippen LogP contribution in [0.25, 0.3) is 10.2 Å². The highest BCUT2D eigenvalue weighted by Gasteiger charge is 2.14. The lowest BCUT2D eigenvalue weighted by Gasteiger charge is -2.06. The molecule has 0 aliphatic rings. The van der Waals surface area contributed by atoms with Crippen molar-refractivity contribution >= 4 is 65.3 Å². The SMILES string of the molecule is O=[N+]([O-])Oc1ncn(/C(Cl)=C(\Cl)c2ccc(Br)cc2Br)n1. The fraction of sp³-hybridized carbons (Fsp3) is 0. The van der Waals surface area contributed by atoms with Gasteiger partial charge in [-0.1, -0.05) is 61.1 Å². The zero-order valence-electron chi connectivity index (χ0n) is 9.83. The van der Waals surface area contributed by atoms with E-state index >= 15 is 0 Å². The molecular formula is C10H4Br2Cl2N4O3. The fourth-order valence-electron chi connectivity index (χ4n) is 1.33. The molecule has 0 bridgehead atoms. The van der Waals surface area contributed by atoms with Crippen LogP contribution in [0.4, 0.5) is 0 Å². The lowest BCUT2D eigenvalue weighted by molar-refractivity contribution is -0.713. The number of nitrogens with zero attached hydrogens (tertiary/aromatic N) is 4. The maximum Gasteiger partial charge on any atom is 0.327 e. The van der Waals surface area contributed by atoms with Crippen molar-refractivity contribution in [3.05, 3.63) is 49.1 Å². The van der Waals surface area contributed by atoms with Gasteiger partial charge in [-0.2, -0.15) is 4.98 Å². The Morgan fingerprint density at radius 2 is 2.10 bits per heavy atom. The van der Waals surface area contributed by atoms with E-state index in [0.29, 0.717) is 10.0 Å². The van der Waals surface area contributed by atoms with Gasteiger partial charge in [0.15, 0.2) is 5.16 Å². The Bertz CT molecular complexity index is 735. The number of rotatable bonds is 4. The molecule has 0 unspecified atom stereocenters. The van der Waals surface area contributed by atoms with Gasteiger partial charge in [-0.3, -0.25) is 0 Å². The van der Waals surface area contributed by atoms with Crippen molar-refractivity contribution in [3.8, 4) is 6.01 Å². The van der Waals surface area contributed by atoms with Crippen molar-refractivity contribution in [2.24, 2.45) is 0 Å². The van der Waals surface area contributed by atoms with Crippen LogP contribution in [0.2, 0.25) is 0 Å². The van der Waals surface area contributed by atoms with Crippen LogP contribution >= 0.6 is 55.1 Å². The summed E-state index contributed by atoms with van der Waals surface area (Å²) in [5.74, 6) is 0. The van der Waals surface area contributed by atoms with E-state index in [1.807, 2.05) is 0 Å². The molecule has 110 valence electrons. The summed E-state index contributed by atoms with van der Waals surface area (Å²) in [6, 6.07) is 4.88. The summed E-state index contributed by atoms with van der Waals surface area (Å²) in [4.78, 5) is 17.9. The third kappa shape index (κ3) is 3.94. The van der Waals surface area contributed by atoms with Gasteiger partial charge >= 0.3 is 11.1 Å². The smallest absolute Gasteiger partial charge is 0.233 e. The average molecular weight is 459 g/mol. The summed E-state index contributed by atoms with van der Waals surface area (Å²) in [6.07, 6.45) is 1.15. The molecule has 0 amide bonds. The molecule has 1 heterocycles. The standard InChI is InChI=1S/C10H4Br2Cl2N4O3/c11-5-1-2-6(7(12)3-5)8(13)9(14)17-4-15-10(16-17)21-18(19)20/h1-4H/b9-8-. The summed E-state index contributed by atoms with van der Waals surface area (Å²) in [5.41, 5.74) is 0.622. The Hall–Kier alpha value is -1.16. The Balaban J connectivity index is 2.37. The second kappa shape index (κ2) is 6.73. The fourth-order valence-corrected chi connectivity index (χ4v) is 3.12. The van der Waals surface area contributed by atoms with Crippen molar-refractivity contribution in [1.82, 2.24) is 14.8 Å². The Kier molecular flexibility index (Phi) is 5.20. The first-order chi connectivity index (χ1) is 9.88. The zero-order chi connectivity index (χ0) is 15.6. The van der Waals surface area contributed by atoms with Crippen molar-refractivity contribution in [2.75, 3.05) is 0 Å². The Morgan fingerprint density at radius 3 is 2.71 bits per heavy atom. The second-order valence-corrected chi connectivity index (χ2v) is 6.02. The van der Waals surface area contributed by atoms with Gasteiger partial charge < -0.3 is 0 Å². The minimum absolute atomic E-state index is 0.0189. The molecule has 0 fully saturated rings. The van der Waals surface area contributed by atoms with Crippen LogP contribution < -0.4 is 4.84 Å². The predicted octanol–water partition coefficient (Wildman–Crippen LogP) is 4.13. The second-order valence-electron chi connectivity index (χ2n) is 3.52. The number of halogens is 4. The van der Waals surface area contributed by atoms with Crippen LogP contribution in [0.15, 0.2) is 33.5 Å². The van der Waals surface area contributed by atoms with Gasteiger partial charge in [0.05, 0.1) is 5.03 Å². The molecule has 11 heteroatoms. The van der Waals surface area contributed by atoms with E-state index in [1.165, 1.54) is 0 Å². The monoisotopic (exact) mass is 456 g/mol. The van der Waals surface area contributed by atoms with Crippen molar-refractivity contribution < 1.29 is 9.92 Å². The molecule has 0 N–H and O–H groups in total. The number of benzene rings is 1. The quantitative estimate of drug-likeness (QED) is 0.508. The van der Waals surface area contributed by atoms with Crippen LogP contribution in [0.5, 0.6) is 6.01 Å². The first kappa shape index (κ1) is 16.2. The molecule has 21 heavy (non-hydrogen) atoms. The van der Waals surface area contributed by atoms with Gasteiger partial charge in [0.1, 0.15) is 6.33 Å².